The van der Waals surface area contributed by atoms with Crippen LogP contribution in [0, 0.1) is 5.92 Å². The fraction of sp³-hybridized carbons (Fsp3) is 0.375. The first kappa shape index (κ1) is 12.9. The molecule has 0 bridgehead atoms. The van der Waals surface area contributed by atoms with Crippen molar-refractivity contribution in [3.63, 3.8) is 0 Å². The van der Waals surface area contributed by atoms with Crippen LogP contribution in [0.15, 0.2) is 36.4 Å². The topological polar surface area (TPSA) is 55.0 Å². The Kier molecular flexibility index (Phi) is 3.54. The maximum Gasteiger partial charge on any atom is 0.163 e. The molecule has 20 heavy (non-hydrogen) atoms. The molecule has 0 atom stereocenters. The van der Waals surface area contributed by atoms with E-state index in [1.54, 1.807) is 0 Å². The Labute approximate surface area is 119 Å². The molecule has 1 aromatic heterocycles. The van der Waals surface area contributed by atoms with Crippen molar-refractivity contribution in [1.29, 1.82) is 0 Å². The molecule has 0 aliphatic heterocycles. The van der Waals surface area contributed by atoms with Crippen LogP contribution in [0.1, 0.15) is 19.3 Å². The van der Waals surface area contributed by atoms with Crippen molar-refractivity contribution < 1.29 is 0 Å². The minimum atomic E-state index is 0.523. The molecule has 2 N–H and O–H groups in total. The third kappa shape index (κ3) is 2.74. The summed E-state index contributed by atoms with van der Waals surface area (Å²) >= 11 is 0. The summed E-state index contributed by atoms with van der Waals surface area (Å²) in [6.45, 7) is 1.05. The van der Waals surface area contributed by atoms with E-state index in [0.29, 0.717) is 11.6 Å². The Morgan fingerprint density at radius 2 is 1.95 bits per heavy atom. The molecule has 1 fully saturated rings. The molecule has 4 heteroatoms. The van der Waals surface area contributed by atoms with Crippen molar-refractivity contribution in [2.24, 2.45) is 5.92 Å². The van der Waals surface area contributed by atoms with Crippen LogP contribution in [0.5, 0.6) is 0 Å². The van der Waals surface area contributed by atoms with Gasteiger partial charge in [-0.05, 0) is 18.8 Å². The van der Waals surface area contributed by atoms with E-state index < -0.39 is 0 Å². The zero-order chi connectivity index (χ0) is 13.9. The standard InChI is InChI=1S/C16H20N4/c1-20(11-12-6-5-7-12)15-10-14(17)18-16(19-15)13-8-3-2-4-9-13/h2-4,8-10,12H,5-7,11H2,1H3,(H2,17,18,19). The SMILES string of the molecule is CN(CC1CCC1)c1cc(N)nc(-c2ccccc2)n1. The van der Waals surface area contributed by atoms with Crippen molar-refractivity contribution >= 4 is 11.6 Å². The van der Waals surface area contributed by atoms with E-state index in [-0.39, 0.29) is 0 Å². The van der Waals surface area contributed by atoms with E-state index >= 15 is 0 Å². The monoisotopic (exact) mass is 268 g/mol. The predicted octanol–water partition coefficient (Wildman–Crippen LogP) is 2.96. The molecular weight excluding hydrogens is 248 g/mol. The lowest BCUT2D eigenvalue weighted by atomic mass is 9.85. The minimum absolute atomic E-state index is 0.523. The van der Waals surface area contributed by atoms with Crippen LogP contribution in [-0.2, 0) is 0 Å². The number of nitrogen functional groups attached to an aromatic ring is 1. The summed E-state index contributed by atoms with van der Waals surface area (Å²) in [4.78, 5) is 11.2. The molecule has 0 spiro atoms. The summed E-state index contributed by atoms with van der Waals surface area (Å²) in [7, 11) is 2.08. The summed E-state index contributed by atoms with van der Waals surface area (Å²) < 4.78 is 0. The van der Waals surface area contributed by atoms with Crippen molar-refractivity contribution in [3.05, 3.63) is 36.4 Å². The zero-order valence-corrected chi connectivity index (χ0v) is 11.8. The molecule has 4 nitrogen and oxygen atoms in total. The van der Waals surface area contributed by atoms with E-state index in [1.165, 1.54) is 19.3 Å². The van der Waals surface area contributed by atoms with Gasteiger partial charge in [0.15, 0.2) is 5.82 Å². The Balaban J connectivity index is 1.86. The number of benzene rings is 1. The first-order valence-corrected chi connectivity index (χ1v) is 7.13. The van der Waals surface area contributed by atoms with Crippen LogP contribution in [0.25, 0.3) is 11.4 Å². The Bertz CT molecular complexity index is 578. The second-order valence-electron chi connectivity index (χ2n) is 5.52. The molecule has 1 aromatic carbocycles. The van der Waals surface area contributed by atoms with Gasteiger partial charge in [-0.15, -0.1) is 0 Å². The van der Waals surface area contributed by atoms with E-state index in [9.17, 15) is 0 Å². The maximum atomic E-state index is 5.93. The van der Waals surface area contributed by atoms with Crippen LogP contribution in [0.2, 0.25) is 0 Å². The molecule has 1 aliphatic rings. The van der Waals surface area contributed by atoms with Crippen LogP contribution in [-0.4, -0.2) is 23.6 Å². The molecule has 3 rings (SSSR count). The average Bonchev–Trinajstić information content (AvgIpc) is 2.43. The van der Waals surface area contributed by atoms with Crippen molar-refractivity contribution in [2.75, 3.05) is 24.2 Å². The van der Waals surface area contributed by atoms with Crippen molar-refractivity contribution in [1.82, 2.24) is 9.97 Å². The molecule has 0 radical (unpaired) electrons. The molecule has 104 valence electrons. The van der Waals surface area contributed by atoms with Gasteiger partial charge in [0.05, 0.1) is 0 Å². The number of nitrogens with zero attached hydrogens (tertiary/aromatic N) is 3. The lowest BCUT2D eigenvalue weighted by Crippen LogP contribution is -2.30. The van der Waals surface area contributed by atoms with Gasteiger partial charge in [0.25, 0.3) is 0 Å². The van der Waals surface area contributed by atoms with E-state index in [4.69, 9.17) is 5.73 Å². The fourth-order valence-corrected chi connectivity index (χ4v) is 2.52. The number of hydrogen-bond donors (Lipinski definition) is 1. The number of nitrogens with two attached hydrogens (primary N) is 1. The Morgan fingerprint density at radius 3 is 2.60 bits per heavy atom. The third-order valence-electron chi connectivity index (χ3n) is 3.91. The third-order valence-corrected chi connectivity index (χ3v) is 3.91. The molecule has 0 saturated heterocycles. The highest BCUT2D eigenvalue weighted by Crippen LogP contribution is 2.28. The largest absolute Gasteiger partial charge is 0.384 e. The number of rotatable bonds is 4. The normalized spacial score (nSPS) is 14.8. The van der Waals surface area contributed by atoms with Crippen LogP contribution in [0.3, 0.4) is 0 Å². The Hall–Kier alpha value is -2.10. The lowest BCUT2D eigenvalue weighted by Gasteiger charge is -2.30. The van der Waals surface area contributed by atoms with Gasteiger partial charge < -0.3 is 10.6 Å². The van der Waals surface area contributed by atoms with Gasteiger partial charge in [0, 0.05) is 25.2 Å². The fourth-order valence-electron chi connectivity index (χ4n) is 2.52. The maximum absolute atomic E-state index is 5.93. The van der Waals surface area contributed by atoms with Crippen molar-refractivity contribution in [2.45, 2.75) is 19.3 Å². The molecule has 1 heterocycles. The van der Waals surface area contributed by atoms with Crippen LogP contribution >= 0.6 is 0 Å². The van der Waals surface area contributed by atoms with Crippen molar-refractivity contribution in [3.8, 4) is 11.4 Å². The van der Waals surface area contributed by atoms with E-state index in [0.717, 1.165) is 23.8 Å². The number of hydrogen-bond acceptors (Lipinski definition) is 4. The summed E-state index contributed by atoms with van der Waals surface area (Å²) in [6.07, 6.45) is 4.02. The van der Waals surface area contributed by atoms with E-state index in [1.807, 2.05) is 36.4 Å². The highest BCUT2D eigenvalue weighted by molar-refractivity contribution is 5.60. The zero-order valence-electron chi connectivity index (χ0n) is 11.8. The number of aromatic nitrogens is 2. The number of anilines is 2. The second-order valence-corrected chi connectivity index (χ2v) is 5.52. The second kappa shape index (κ2) is 5.49. The van der Waals surface area contributed by atoms with Gasteiger partial charge in [0.2, 0.25) is 0 Å². The van der Waals surface area contributed by atoms with Gasteiger partial charge in [-0.1, -0.05) is 36.8 Å². The van der Waals surface area contributed by atoms with Gasteiger partial charge >= 0.3 is 0 Å². The summed E-state index contributed by atoms with van der Waals surface area (Å²) in [6, 6.07) is 11.8. The molecule has 2 aromatic rings. The molecular formula is C16H20N4. The van der Waals surface area contributed by atoms with Crippen LogP contribution in [0.4, 0.5) is 11.6 Å². The quantitative estimate of drug-likeness (QED) is 0.926. The van der Waals surface area contributed by atoms with Crippen LogP contribution < -0.4 is 10.6 Å². The molecule has 1 aliphatic carbocycles. The first-order chi connectivity index (χ1) is 9.72. The highest BCUT2D eigenvalue weighted by Gasteiger charge is 2.20. The predicted molar refractivity (Wildman–Crippen MR) is 82.5 cm³/mol. The first-order valence-electron chi connectivity index (χ1n) is 7.13. The molecule has 0 unspecified atom stereocenters. The average molecular weight is 268 g/mol. The minimum Gasteiger partial charge on any atom is -0.384 e. The summed E-state index contributed by atoms with van der Waals surface area (Å²) in [5.74, 6) is 2.93. The lowest BCUT2D eigenvalue weighted by molar-refractivity contribution is 0.321. The summed E-state index contributed by atoms with van der Waals surface area (Å²) in [5.41, 5.74) is 6.93. The summed E-state index contributed by atoms with van der Waals surface area (Å²) in [5, 5.41) is 0. The van der Waals surface area contributed by atoms with E-state index in [2.05, 4.69) is 21.9 Å². The van der Waals surface area contributed by atoms with Gasteiger partial charge in [-0.3, -0.25) is 0 Å². The molecule has 0 amide bonds. The highest BCUT2D eigenvalue weighted by atomic mass is 15.2. The van der Waals surface area contributed by atoms with Gasteiger partial charge in [-0.25, -0.2) is 9.97 Å². The molecule has 1 saturated carbocycles. The Morgan fingerprint density at radius 1 is 1.20 bits per heavy atom. The smallest absolute Gasteiger partial charge is 0.163 e. The van der Waals surface area contributed by atoms with Gasteiger partial charge in [0.1, 0.15) is 11.6 Å². The van der Waals surface area contributed by atoms with Gasteiger partial charge in [-0.2, -0.15) is 0 Å².